The van der Waals surface area contributed by atoms with Crippen molar-refractivity contribution < 1.29 is 9.50 Å². The summed E-state index contributed by atoms with van der Waals surface area (Å²) in [6.45, 7) is 4.22. The predicted octanol–water partition coefficient (Wildman–Crippen LogP) is 3.87. The van der Waals surface area contributed by atoms with Crippen LogP contribution in [0.2, 0.25) is 0 Å². The molecule has 1 heterocycles. The highest BCUT2D eigenvalue weighted by Crippen LogP contribution is 2.24. The van der Waals surface area contributed by atoms with Crippen molar-refractivity contribution in [3.05, 3.63) is 51.1 Å². The lowest BCUT2D eigenvalue weighted by Crippen LogP contribution is -2.08. The lowest BCUT2D eigenvalue weighted by Gasteiger charge is -2.12. The first-order valence-corrected chi connectivity index (χ1v) is 7.76. The maximum absolute atomic E-state index is 13.1. The Hall–Kier alpha value is -0.950. The van der Waals surface area contributed by atoms with Crippen LogP contribution >= 0.6 is 22.6 Å². The molecule has 0 bridgehead atoms. The zero-order valence-corrected chi connectivity index (χ0v) is 13.7. The molecule has 0 saturated heterocycles. The van der Waals surface area contributed by atoms with Crippen LogP contribution in [-0.4, -0.2) is 14.9 Å². The highest BCUT2D eigenvalue weighted by Gasteiger charge is 2.15. The van der Waals surface area contributed by atoms with E-state index in [1.54, 1.807) is 6.07 Å². The summed E-state index contributed by atoms with van der Waals surface area (Å²) >= 11 is 2.04. The molecule has 0 amide bonds. The number of rotatable bonds is 5. The van der Waals surface area contributed by atoms with E-state index in [1.807, 2.05) is 39.5 Å². The first kappa shape index (κ1) is 15.4. The van der Waals surface area contributed by atoms with Crippen molar-refractivity contribution >= 4 is 22.6 Å². The lowest BCUT2D eigenvalue weighted by molar-refractivity contribution is 0.176. The van der Waals surface area contributed by atoms with Crippen LogP contribution in [0.4, 0.5) is 4.39 Å². The van der Waals surface area contributed by atoms with E-state index in [2.05, 4.69) is 18.9 Å². The van der Waals surface area contributed by atoms with Gasteiger partial charge in [-0.05, 0) is 59.7 Å². The fourth-order valence-electron chi connectivity index (χ4n) is 2.00. The van der Waals surface area contributed by atoms with E-state index >= 15 is 0 Å². The van der Waals surface area contributed by atoms with Crippen molar-refractivity contribution in [3.63, 3.8) is 0 Å². The van der Waals surface area contributed by atoms with E-state index in [0.29, 0.717) is 12.5 Å². The van der Waals surface area contributed by atoms with E-state index in [-0.39, 0.29) is 5.82 Å². The van der Waals surface area contributed by atoms with Gasteiger partial charge in [-0.2, -0.15) is 5.10 Å². The van der Waals surface area contributed by atoms with Gasteiger partial charge in [0.15, 0.2) is 0 Å². The number of aliphatic hydroxyl groups is 1. The van der Waals surface area contributed by atoms with Crippen molar-refractivity contribution in [2.45, 2.75) is 38.8 Å². The molecule has 2 unspecified atom stereocenters. The fraction of sp³-hybridized carbons (Fsp3) is 0.400. The van der Waals surface area contributed by atoms with Crippen LogP contribution in [-0.2, 0) is 6.42 Å². The highest BCUT2D eigenvalue weighted by molar-refractivity contribution is 14.1. The highest BCUT2D eigenvalue weighted by atomic mass is 127. The molecule has 0 aliphatic carbocycles. The minimum Gasteiger partial charge on any atom is -0.388 e. The topological polar surface area (TPSA) is 38.0 Å². The van der Waals surface area contributed by atoms with Gasteiger partial charge in [0, 0.05) is 22.2 Å². The zero-order valence-electron chi connectivity index (χ0n) is 11.6. The Morgan fingerprint density at radius 1 is 1.40 bits per heavy atom. The number of aliphatic hydroxyl groups excluding tert-OH is 1. The van der Waals surface area contributed by atoms with Crippen LogP contribution in [0.25, 0.3) is 0 Å². The maximum atomic E-state index is 13.1. The summed E-state index contributed by atoms with van der Waals surface area (Å²) in [6.07, 6.45) is 2.72. The molecule has 3 nitrogen and oxygen atoms in total. The van der Waals surface area contributed by atoms with Crippen molar-refractivity contribution in [2.75, 3.05) is 0 Å². The van der Waals surface area contributed by atoms with Crippen LogP contribution in [0.15, 0.2) is 30.5 Å². The molecule has 2 atom stereocenters. The number of hydrogen-bond donors (Lipinski definition) is 1. The Balaban J connectivity index is 2.11. The van der Waals surface area contributed by atoms with Crippen molar-refractivity contribution in [2.24, 2.45) is 0 Å². The van der Waals surface area contributed by atoms with Gasteiger partial charge in [-0.3, -0.25) is 4.68 Å². The minimum atomic E-state index is -0.664. The standard InChI is InChI=1S/C15H18FIN2O/c1-3-10(2)19-7-6-12(18-19)9-15(20)13-5-4-11(16)8-14(13)17/h4-8,10,15,20H,3,9H2,1-2H3. The second kappa shape index (κ2) is 6.67. The van der Waals surface area contributed by atoms with Gasteiger partial charge >= 0.3 is 0 Å². The van der Waals surface area contributed by atoms with Crippen molar-refractivity contribution in [1.29, 1.82) is 0 Å². The maximum Gasteiger partial charge on any atom is 0.124 e. The molecule has 2 aromatic rings. The summed E-state index contributed by atoms with van der Waals surface area (Å²) in [7, 11) is 0. The van der Waals surface area contributed by atoms with Gasteiger partial charge in [0.1, 0.15) is 5.82 Å². The van der Waals surface area contributed by atoms with Crippen LogP contribution in [0.1, 0.15) is 43.7 Å². The molecule has 108 valence electrons. The molecule has 2 rings (SSSR count). The van der Waals surface area contributed by atoms with Crippen molar-refractivity contribution in [1.82, 2.24) is 9.78 Å². The number of nitrogens with zero attached hydrogens (tertiary/aromatic N) is 2. The second-order valence-electron chi connectivity index (χ2n) is 4.93. The zero-order chi connectivity index (χ0) is 14.7. The molecule has 0 radical (unpaired) electrons. The lowest BCUT2D eigenvalue weighted by atomic mass is 10.1. The summed E-state index contributed by atoms with van der Waals surface area (Å²) < 4.78 is 15.7. The van der Waals surface area contributed by atoms with Crippen LogP contribution in [0.3, 0.4) is 0 Å². The van der Waals surface area contributed by atoms with E-state index < -0.39 is 6.10 Å². The Labute approximate surface area is 132 Å². The summed E-state index contributed by atoms with van der Waals surface area (Å²) in [5.41, 5.74) is 1.59. The molecule has 20 heavy (non-hydrogen) atoms. The van der Waals surface area contributed by atoms with Gasteiger partial charge in [0.2, 0.25) is 0 Å². The largest absolute Gasteiger partial charge is 0.388 e. The van der Waals surface area contributed by atoms with Gasteiger partial charge in [-0.1, -0.05) is 13.0 Å². The Bertz CT molecular complexity index is 585. The fourth-order valence-corrected chi connectivity index (χ4v) is 2.84. The van der Waals surface area contributed by atoms with Crippen molar-refractivity contribution in [3.8, 4) is 0 Å². The van der Waals surface area contributed by atoms with E-state index in [9.17, 15) is 9.50 Å². The van der Waals surface area contributed by atoms with Gasteiger partial charge in [-0.25, -0.2) is 4.39 Å². The average Bonchev–Trinajstić information content (AvgIpc) is 2.86. The molecule has 0 spiro atoms. The summed E-state index contributed by atoms with van der Waals surface area (Å²) in [4.78, 5) is 0. The Kier molecular flexibility index (Phi) is 5.15. The number of benzene rings is 1. The average molecular weight is 388 g/mol. The SMILES string of the molecule is CCC(C)n1ccc(CC(O)c2ccc(F)cc2I)n1. The van der Waals surface area contributed by atoms with Crippen LogP contribution in [0.5, 0.6) is 0 Å². The second-order valence-corrected chi connectivity index (χ2v) is 6.09. The third-order valence-corrected chi connectivity index (χ3v) is 4.36. The Morgan fingerprint density at radius 3 is 2.80 bits per heavy atom. The van der Waals surface area contributed by atoms with Gasteiger partial charge < -0.3 is 5.11 Å². The molecule has 0 fully saturated rings. The van der Waals surface area contributed by atoms with E-state index in [4.69, 9.17) is 0 Å². The summed E-state index contributed by atoms with van der Waals surface area (Å²) in [6, 6.07) is 6.71. The number of aromatic nitrogens is 2. The molecule has 1 aromatic heterocycles. The smallest absolute Gasteiger partial charge is 0.124 e. The molecular weight excluding hydrogens is 370 g/mol. The van der Waals surface area contributed by atoms with Gasteiger partial charge in [0.05, 0.1) is 11.8 Å². The third-order valence-electron chi connectivity index (χ3n) is 3.43. The number of halogens is 2. The molecule has 5 heteroatoms. The number of hydrogen-bond acceptors (Lipinski definition) is 2. The van der Waals surface area contributed by atoms with Gasteiger partial charge in [0.25, 0.3) is 0 Å². The van der Waals surface area contributed by atoms with Crippen LogP contribution < -0.4 is 0 Å². The quantitative estimate of drug-likeness (QED) is 0.790. The molecule has 0 aliphatic heterocycles. The molecule has 1 aromatic carbocycles. The molecule has 0 aliphatic rings. The third kappa shape index (κ3) is 3.58. The van der Waals surface area contributed by atoms with E-state index in [1.165, 1.54) is 12.1 Å². The first-order valence-electron chi connectivity index (χ1n) is 6.68. The van der Waals surface area contributed by atoms with E-state index in [0.717, 1.165) is 21.2 Å². The minimum absolute atomic E-state index is 0.286. The predicted molar refractivity (Wildman–Crippen MR) is 85.0 cm³/mol. The molecular formula is C15H18FIN2O. The van der Waals surface area contributed by atoms with Gasteiger partial charge in [-0.15, -0.1) is 0 Å². The normalized spacial score (nSPS) is 14.2. The Morgan fingerprint density at radius 2 is 2.15 bits per heavy atom. The van der Waals surface area contributed by atoms with Crippen LogP contribution in [0, 0.1) is 9.39 Å². The monoisotopic (exact) mass is 388 g/mol. The molecule has 1 N–H and O–H groups in total. The summed E-state index contributed by atoms with van der Waals surface area (Å²) in [5, 5.41) is 14.7. The first-order chi connectivity index (χ1) is 9.51. The summed E-state index contributed by atoms with van der Waals surface area (Å²) in [5.74, 6) is -0.286. The molecule has 0 saturated carbocycles.